The van der Waals surface area contributed by atoms with Crippen LogP contribution in [0.4, 0.5) is 13.2 Å². The van der Waals surface area contributed by atoms with Crippen LogP contribution >= 0.6 is 0 Å². The summed E-state index contributed by atoms with van der Waals surface area (Å²) in [6.45, 7) is 1.24. The van der Waals surface area contributed by atoms with Crippen LogP contribution in [0.3, 0.4) is 0 Å². The maximum atomic E-state index is 12.6. The molecular weight excluding hydrogens is 297 g/mol. The van der Waals surface area contributed by atoms with Gasteiger partial charge in [-0.05, 0) is 30.2 Å². The molecule has 2 unspecified atom stereocenters. The van der Waals surface area contributed by atoms with Gasteiger partial charge in [0.15, 0.2) is 9.84 Å². The van der Waals surface area contributed by atoms with E-state index in [0.717, 1.165) is 12.1 Å². The van der Waals surface area contributed by atoms with Gasteiger partial charge in [0, 0.05) is 0 Å². The summed E-state index contributed by atoms with van der Waals surface area (Å²) < 4.78 is 62.1. The number of rotatable bonds is 2. The minimum Gasteiger partial charge on any atom is -0.481 e. The van der Waals surface area contributed by atoms with Gasteiger partial charge in [-0.25, -0.2) is 8.42 Å². The lowest BCUT2D eigenvalue weighted by atomic mass is 10.00. The van der Waals surface area contributed by atoms with Crippen LogP contribution < -0.4 is 0 Å². The number of carboxylic acid groups (broad SMARTS) is 1. The molecule has 1 aromatic carbocycles. The second-order valence-corrected chi connectivity index (χ2v) is 6.87. The fraction of sp³-hybridized carbons (Fsp3) is 0.417. The maximum Gasteiger partial charge on any atom is 0.416 e. The minimum atomic E-state index is -4.56. The first kappa shape index (κ1) is 14.8. The molecule has 20 heavy (non-hydrogen) atoms. The number of benzene rings is 1. The van der Waals surface area contributed by atoms with Crippen LogP contribution in [0.2, 0.25) is 0 Å². The van der Waals surface area contributed by atoms with Crippen molar-refractivity contribution >= 4 is 15.8 Å². The van der Waals surface area contributed by atoms with Crippen molar-refractivity contribution in [2.45, 2.75) is 29.7 Å². The Kier molecular flexibility index (Phi) is 3.32. The van der Waals surface area contributed by atoms with Crippen LogP contribution in [0.1, 0.15) is 18.1 Å². The van der Waals surface area contributed by atoms with Crippen molar-refractivity contribution in [3.05, 3.63) is 29.3 Å². The number of hydrogen-bond donors (Lipinski definition) is 1. The number of aliphatic carboxylic acids is 1. The number of fused-ring (bicyclic) bond motifs is 1. The van der Waals surface area contributed by atoms with E-state index < -0.39 is 38.7 Å². The zero-order valence-corrected chi connectivity index (χ0v) is 11.1. The topological polar surface area (TPSA) is 71.4 Å². The molecule has 0 bridgehead atoms. The molecule has 0 amide bonds. The molecule has 1 N–H and O–H groups in total. The van der Waals surface area contributed by atoms with Crippen LogP contribution in [0.15, 0.2) is 23.1 Å². The second-order valence-electron chi connectivity index (χ2n) is 4.73. The highest BCUT2D eigenvalue weighted by molar-refractivity contribution is 7.92. The quantitative estimate of drug-likeness (QED) is 0.908. The first-order valence-electron chi connectivity index (χ1n) is 5.72. The van der Waals surface area contributed by atoms with E-state index in [1.807, 2.05) is 0 Å². The van der Waals surface area contributed by atoms with Crippen LogP contribution in [0.5, 0.6) is 0 Å². The van der Waals surface area contributed by atoms with Crippen LogP contribution in [-0.2, 0) is 27.2 Å². The van der Waals surface area contributed by atoms with Crippen molar-refractivity contribution in [2.75, 3.05) is 0 Å². The number of carboxylic acids is 1. The van der Waals surface area contributed by atoms with E-state index in [2.05, 4.69) is 0 Å². The van der Waals surface area contributed by atoms with Gasteiger partial charge in [0.25, 0.3) is 0 Å². The van der Waals surface area contributed by atoms with E-state index in [0.29, 0.717) is 6.07 Å². The van der Waals surface area contributed by atoms with Gasteiger partial charge in [-0.2, -0.15) is 13.2 Å². The fourth-order valence-electron chi connectivity index (χ4n) is 2.29. The third-order valence-corrected chi connectivity index (χ3v) is 5.84. The van der Waals surface area contributed by atoms with Gasteiger partial charge in [0.05, 0.1) is 21.6 Å². The molecule has 110 valence electrons. The van der Waals surface area contributed by atoms with Crippen molar-refractivity contribution in [2.24, 2.45) is 5.92 Å². The number of alkyl halides is 3. The Morgan fingerprint density at radius 3 is 2.50 bits per heavy atom. The molecule has 0 saturated carbocycles. The first-order valence-corrected chi connectivity index (χ1v) is 7.26. The Morgan fingerprint density at radius 1 is 1.40 bits per heavy atom. The van der Waals surface area contributed by atoms with E-state index in [4.69, 9.17) is 5.11 Å². The highest BCUT2D eigenvalue weighted by Crippen LogP contribution is 2.38. The predicted molar refractivity (Wildman–Crippen MR) is 62.9 cm³/mol. The van der Waals surface area contributed by atoms with Crippen molar-refractivity contribution in [3.63, 3.8) is 0 Å². The molecule has 0 fully saturated rings. The summed E-state index contributed by atoms with van der Waals surface area (Å²) in [6.07, 6.45) is -4.77. The summed E-state index contributed by atoms with van der Waals surface area (Å²) in [5, 5.41) is 7.67. The molecule has 1 heterocycles. The Morgan fingerprint density at radius 2 is 2.00 bits per heavy atom. The molecule has 0 spiro atoms. The maximum absolute atomic E-state index is 12.6. The molecule has 8 heteroatoms. The number of halogens is 3. The molecule has 2 atom stereocenters. The molecule has 1 aliphatic heterocycles. The van der Waals surface area contributed by atoms with Gasteiger partial charge in [-0.3, -0.25) is 4.79 Å². The van der Waals surface area contributed by atoms with E-state index >= 15 is 0 Å². The Balaban J connectivity index is 2.50. The molecule has 1 aliphatic rings. The van der Waals surface area contributed by atoms with E-state index in [-0.39, 0.29) is 16.9 Å². The minimum absolute atomic E-state index is 0.0259. The Labute approximate surface area is 113 Å². The second kappa shape index (κ2) is 4.47. The monoisotopic (exact) mass is 308 g/mol. The van der Waals surface area contributed by atoms with E-state index in [1.165, 1.54) is 6.92 Å². The van der Waals surface area contributed by atoms with Gasteiger partial charge >= 0.3 is 12.1 Å². The van der Waals surface area contributed by atoms with Gasteiger partial charge in [-0.15, -0.1) is 0 Å². The molecule has 4 nitrogen and oxygen atoms in total. The SMILES string of the molecule is CC(C(=O)O)C1Cc2cc(C(F)(F)F)ccc2S1(=O)=O. The van der Waals surface area contributed by atoms with Crippen molar-refractivity contribution in [1.29, 1.82) is 0 Å². The summed E-state index contributed by atoms with van der Waals surface area (Å²) in [4.78, 5) is 10.7. The fourth-order valence-corrected chi connectivity index (χ4v) is 4.43. The summed E-state index contributed by atoms with van der Waals surface area (Å²) in [7, 11) is -3.90. The van der Waals surface area contributed by atoms with Gasteiger partial charge in [-0.1, -0.05) is 6.92 Å². The van der Waals surface area contributed by atoms with Crippen LogP contribution in [0, 0.1) is 5.92 Å². The molecule has 1 aromatic rings. The summed E-state index contributed by atoms with van der Waals surface area (Å²) in [6, 6.07) is 2.38. The highest BCUT2D eigenvalue weighted by atomic mass is 32.2. The standard InChI is InChI=1S/C12H11F3O4S/c1-6(11(16)17)10-5-7-4-8(12(13,14)15)2-3-9(7)20(10,18)19/h2-4,6,10H,5H2,1H3,(H,16,17). The average Bonchev–Trinajstić information content (AvgIpc) is 2.58. The first-order chi connectivity index (χ1) is 9.05. The third-order valence-electron chi connectivity index (χ3n) is 3.46. The normalized spacial score (nSPS) is 22.3. The molecule has 0 saturated heterocycles. The summed E-state index contributed by atoms with van der Waals surface area (Å²) >= 11 is 0. The third kappa shape index (κ3) is 2.28. The van der Waals surface area contributed by atoms with Crippen LogP contribution in [0.25, 0.3) is 0 Å². The lowest BCUT2D eigenvalue weighted by Gasteiger charge is -2.13. The van der Waals surface area contributed by atoms with Gasteiger partial charge in [0.2, 0.25) is 0 Å². The Bertz CT molecular complexity index is 664. The van der Waals surface area contributed by atoms with Crippen molar-refractivity contribution < 1.29 is 31.5 Å². The number of carbonyl (C=O) groups is 1. The summed E-state index contributed by atoms with van der Waals surface area (Å²) in [5.74, 6) is -2.47. The molecule has 0 aliphatic carbocycles. The molecule has 2 rings (SSSR count). The molecule has 0 radical (unpaired) electrons. The van der Waals surface area contributed by atoms with Gasteiger partial charge in [0.1, 0.15) is 0 Å². The van der Waals surface area contributed by atoms with Crippen molar-refractivity contribution in [1.82, 2.24) is 0 Å². The zero-order valence-electron chi connectivity index (χ0n) is 10.3. The van der Waals surface area contributed by atoms with Crippen LogP contribution in [-0.4, -0.2) is 24.7 Å². The number of hydrogen-bond acceptors (Lipinski definition) is 3. The smallest absolute Gasteiger partial charge is 0.416 e. The van der Waals surface area contributed by atoms with E-state index in [9.17, 15) is 26.4 Å². The van der Waals surface area contributed by atoms with Gasteiger partial charge < -0.3 is 5.11 Å². The van der Waals surface area contributed by atoms with Crippen molar-refractivity contribution in [3.8, 4) is 0 Å². The molecular formula is C12H11F3O4S. The van der Waals surface area contributed by atoms with E-state index in [1.54, 1.807) is 0 Å². The predicted octanol–water partition coefficient (Wildman–Crippen LogP) is 2.12. The zero-order chi connectivity index (χ0) is 15.3. The molecule has 0 aromatic heterocycles. The number of sulfone groups is 1. The lowest BCUT2D eigenvalue weighted by Crippen LogP contribution is -2.30. The Hall–Kier alpha value is -1.57. The lowest BCUT2D eigenvalue weighted by molar-refractivity contribution is -0.141. The average molecular weight is 308 g/mol. The largest absolute Gasteiger partial charge is 0.481 e. The summed E-state index contributed by atoms with van der Waals surface area (Å²) in [5.41, 5.74) is -0.909. The highest BCUT2D eigenvalue weighted by Gasteiger charge is 2.44.